The first-order chi connectivity index (χ1) is 16.1. The van der Waals surface area contributed by atoms with Crippen LogP contribution in [0.4, 0.5) is 5.13 Å². The highest BCUT2D eigenvalue weighted by Gasteiger charge is 2.67. The van der Waals surface area contributed by atoms with Crippen LogP contribution in [0.2, 0.25) is 0 Å². The minimum absolute atomic E-state index is 0.0961. The lowest BCUT2D eigenvalue weighted by molar-refractivity contribution is -0.132. The molecule has 0 unspecified atom stereocenters. The van der Waals surface area contributed by atoms with Crippen LogP contribution in [0.15, 0.2) is 30.4 Å². The van der Waals surface area contributed by atoms with Gasteiger partial charge in [-0.2, -0.15) is 0 Å². The summed E-state index contributed by atoms with van der Waals surface area (Å²) in [6, 6.07) is 5.69. The number of carbonyl (C=O) groups is 2. The number of hydrogen-bond acceptors (Lipinski definition) is 8. The quantitative estimate of drug-likeness (QED) is 0.631. The van der Waals surface area contributed by atoms with Gasteiger partial charge in [0.1, 0.15) is 11.4 Å². The Morgan fingerprint density at radius 2 is 2.21 bits per heavy atom. The Morgan fingerprint density at radius 1 is 1.36 bits per heavy atom. The topological polar surface area (TPSA) is 93.2 Å². The van der Waals surface area contributed by atoms with Gasteiger partial charge in [0.25, 0.3) is 0 Å². The third kappa shape index (κ3) is 3.43. The van der Waals surface area contributed by atoms with Crippen molar-refractivity contribution in [2.75, 3.05) is 57.9 Å². The van der Waals surface area contributed by atoms with Gasteiger partial charge in [-0.15, -0.1) is 0 Å². The molecule has 9 nitrogen and oxygen atoms in total. The van der Waals surface area contributed by atoms with Gasteiger partial charge in [0.15, 0.2) is 5.13 Å². The van der Waals surface area contributed by atoms with E-state index in [0.29, 0.717) is 18.2 Å². The molecular formula is C23H26N4O5S. The van der Waals surface area contributed by atoms with Crippen LogP contribution in [-0.4, -0.2) is 86.5 Å². The molecule has 174 valence electrons. The molecular weight excluding hydrogens is 444 g/mol. The van der Waals surface area contributed by atoms with Crippen LogP contribution < -0.4 is 15.0 Å². The molecule has 33 heavy (non-hydrogen) atoms. The van der Waals surface area contributed by atoms with Crippen molar-refractivity contribution >= 4 is 38.5 Å². The van der Waals surface area contributed by atoms with Gasteiger partial charge in [-0.25, -0.2) is 4.98 Å². The highest BCUT2D eigenvalue weighted by Crippen LogP contribution is 2.53. The molecule has 4 atom stereocenters. The van der Waals surface area contributed by atoms with Crippen molar-refractivity contribution in [1.82, 2.24) is 15.2 Å². The summed E-state index contributed by atoms with van der Waals surface area (Å²) >= 11 is 1.46. The molecule has 0 radical (unpaired) electrons. The SMILES string of the molecule is COc1ccc2sc(N3C[C@]45C=C[C@@H](O4)[C@@H](C(=O)NCCN4CCOCC4)[C@@H]5C3=O)nc2c1. The predicted octanol–water partition coefficient (Wildman–Crippen LogP) is 1.04. The largest absolute Gasteiger partial charge is 0.497 e. The van der Waals surface area contributed by atoms with E-state index >= 15 is 0 Å². The van der Waals surface area contributed by atoms with Crippen LogP contribution in [0.5, 0.6) is 5.75 Å². The number of rotatable bonds is 6. The second-order valence-electron chi connectivity index (χ2n) is 8.90. The van der Waals surface area contributed by atoms with E-state index in [9.17, 15) is 9.59 Å². The number of ether oxygens (including phenoxy) is 3. The molecule has 10 heteroatoms. The van der Waals surface area contributed by atoms with E-state index in [1.54, 1.807) is 12.0 Å². The normalized spacial score (nSPS) is 30.9. The lowest BCUT2D eigenvalue weighted by Gasteiger charge is -2.27. The summed E-state index contributed by atoms with van der Waals surface area (Å²) in [7, 11) is 1.62. The molecule has 3 fully saturated rings. The summed E-state index contributed by atoms with van der Waals surface area (Å²) in [6.45, 7) is 4.90. The molecule has 6 rings (SSSR count). The van der Waals surface area contributed by atoms with E-state index in [2.05, 4.69) is 15.2 Å². The Labute approximate surface area is 195 Å². The molecule has 0 aliphatic carbocycles. The number of hydrogen-bond donors (Lipinski definition) is 1. The Kier molecular flexibility index (Phi) is 5.13. The van der Waals surface area contributed by atoms with Crippen molar-refractivity contribution in [3.8, 4) is 5.75 Å². The second-order valence-corrected chi connectivity index (χ2v) is 9.91. The summed E-state index contributed by atoms with van der Waals surface area (Å²) in [5.74, 6) is -0.541. The fourth-order valence-corrected chi connectivity index (χ4v) is 6.33. The fraction of sp³-hybridized carbons (Fsp3) is 0.522. The number of carbonyl (C=O) groups excluding carboxylic acids is 2. The molecule has 4 aliphatic heterocycles. The third-order valence-corrected chi connectivity index (χ3v) is 8.11. The highest BCUT2D eigenvalue weighted by atomic mass is 32.1. The Balaban J connectivity index is 1.19. The van der Waals surface area contributed by atoms with E-state index in [-0.39, 0.29) is 17.9 Å². The van der Waals surface area contributed by atoms with Gasteiger partial charge in [-0.3, -0.25) is 19.4 Å². The zero-order valence-corrected chi connectivity index (χ0v) is 19.2. The molecule has 2 amide bonds. The lowest BCUT2D eigenvalue weighted by atomic mass is 9.77. The maximum Gasteiger partial charge on any atom is 0.236 e. The first kappa shape index (κ1) is 21.0. The van der Waals surface area contributed by atoms with Gasteiger partial charge in [0.2, 0.25) is 11.8 Å². The summed E-state index contributed by atoms with van der Waals surface area (Å²) in [6.07, 6.45) is 3.54. The zero-order valence-electron chi connectivity index (χ0n) is 18.4. The Morgan fingerprint density at radius 3 is 3.03 bits per heavy atom. The number of amides is 2. The van der Waals surface area contributed by atoms with Crippen LogP contribution in [-0.2, 0) is 19.1 Å². The molecule has 1 aromatic heterocycles. The van der Waals surface area contributed by atoms with Gasteiger partial charge in [0.05, 0.1) is 55.0 Å². The lowest BCUT2D eigenvalue weighted by Crippen LogP contribution is -2.46. The Bertz CT molecular complexity index is 1130. The number of nitrogens with zero attached hydrogens (tertiary/aromatic N) is 3. The Hall–Kier alpha value is -2.53. The third-order valence-electron chi connectivity index (χ3n) is 7.05. The minimum Gasteiger partial charge on any atom is -0.497 e. The van der Waals surface area contributed by atoms with Gasteiger partial charge in [-0.05, 0) is 12.1 Å². The van der Waals surface area contributed by atoms with Crippen LogP contribution in [0.3, 0.4) is 0 Å². The maximum absolute atomic E-state index is 13.6. The molecule has 2 aromatic rings. The number of thiazole rings is 1. The number of anilines is 1. The molecule has 1 aromatic carbocycles. The van der Waals surface area contributed by atoms with Crippen LogP contribution in [0, 0.1) is 11.8 Å². The maximum atomic E-state index is 13.6. The molecule has 3 saturated heterocycles. The summed E-state index contributed by atoms with van der Waals surface area (Å²) in [4.78, 5) is 35.3. The number of aromatic nitrogens is 1. The van der Waals surface area contributed by atoms with Gasteiger partial charge < -0.3 is 19.5 Å². The average Bonchev–Trinajstić information content (AvgIpc) is 3.58. The standard InChI is InChI=1S/C23H26N4O5S/c1-30-14-2-3-17-15(12-14)25-22(33-17)27-13-23-5-4-16(32-23)18(19(23)21(27)29)20(28)24-6-7-26-8-10-31-11-9-26/h2-5,12,16,18-19H,6-11,13H2,1H3,(H,24,28)/t16-,18-,19-,23+/m1/s1. The van der Waals surface area contributed by atoms with Gasteiger partial charge in [-0.1, -0.05) is 23.5 Å². The van der Waals surface area contributed by atoms with Crippen molar-refractivity contribution in [2.24, 2.45) is 11.8 Å². The van der Waals surface area contributed by atoms with Crippen LogP contribution in [0.25, 0.3) is 10.2 Å². The van der Waals surface area contributed by atoms with Crippen molar-refractivity contribution in [2.45, 2.75) is 11.7 Å². The number of morpholine rings is 1. The number of nitrogens with one attached hydrogen (secondary N) is 1. The molecule has 5 heterocycles. The zero-order chi connectivity index (χ0) is 22.6. The number of benzene rings is 1. The molecule has 1 spiro atoms. The van der Waals surface area contributed by atoms with E-state index in [4.69, 9.17) is 14.2 Å². The predicted molar refractivity (Wildman–Crippen MR) is 123 cm³/mol. The molecule has 4 aliphatic rings. The summed E-state index contributed by atoms with van der Waals surface area (Å²) in [5, 5.41) is 3.67. The minimum atomic E-state index is -0.760. The van der Waals surface area contributed by atoms with E-state index in [0.717, 1.165) is 48.8 Å². The highest BCUT2D eigenvalue weighted by molar-refractivity contribution is 7.22. The number of fused-ring (bicyclic) bond motifs is 2. The second kappa shape index (κ2) is 8.05. The van der Waals surface area contributed by atoms with Crippen LogP contribution in [0.1, 0.15) is 0 Å². The first-order valence-electron chi connectivity index (χ1n) is 11.3. The average molecular weight is 471 g/mol. The monoisotopic (exact) mass is 470 g/mol. The summed E-state index contributed by atoms with van der Waals surface area (Å²) < 4.78 is 17.9. The molecule has 2 bridgehead atoms. The van der Waals surface area contributed by atoms with E-state index in [1.165, 1.54) is 11.3 Å². The fourth-order valence-electron chi connectivity index (χ4n) is 5.38. The van der Waals surface area contributed by atoms with Gasteiger partial charge in [0, 0.05) is 32.2 Å². The van der Waals surface area contributed by atoms with E-state index < -0.39 is 17.4 Å². The summed E-state index contributed by atoms with van der Waals surface area (Å²) in [5.41, 5.74) is 0.0265. The van der Waals surface area contributed by atoms with Crippen molar-refractivity contribution in [3.63, 3.8) is 0 Å². The van der Waals surface area contributed by atoms with Crippen molar-refractivity contribution in [3.05, 3.63) is 30.4 Å². The molecule has 1 N–H and O–H groups in total. The first-order valence-corrected chi connectivity index (χ1v) is 12.1. The van der Waals surface area contributed by atoms with Crippen LogP contribution >= 0.6 is 11.3 Å². The van der Waals surface area contributed by atoms with Crippen molar-refractivity contribution in [1.29, 1.82) is 0 Å². The van der Waals surface area contributed by atoms with E-state index in [1.807, 2.05) is 30.4 Å². The van der Waals surface area contributed by atoms with Gasteiger partial charge >= 0.3 is 0 Å². The van der Waals surface area contributed by atoms with Crippen molar-refractivity contribution < 1.29 is 23.8 Å². The number of methoxy groups -OCH3 is 1. The smallest absolute Gasteiger partial charge is 0.236 e. The molecule has 0 saturated carbocycles.